The standard InChI is InChI=1S/C16H18BrNO3/c17-12-3-1-2-11(8-12)15-13(9-14(19)18-16(15)20)10-4-6-21-7-5-10/h1-3,8,10,13,15H,4-7,9H2,(H,18,19,20). The van der Waals surface area contributed by atoms with Crippen LogP contribution in [0.2, 0.25) is 0 Å². The molecule has 4 nitrogen and oxygen atoms in total. The Balaban J connectivity index is 1.92. The molecule has 2 aliphatic heterocycles. The van der Waals surface area contributed by atoms with Gasteiger partial charge in [0.25, 0.3) is 0 Å². The highest BCUT2D eigenvalue weighted by molar-refractivity contribution is 9.10. The van der Waals surface area contributed by atoms with E-state index in [1.807, 2.05) is 24.3 Å². The first-order chi connectivity index (χ1) is 10.1. The molecule has 5 heteroatoms. The van der Waals surface area contributed by atoms with Crippen LogP contribution in [0.4, 0.5) is 0 Å². The van der Waals surface area contributed by atoms with E-state index in [4.69, 9.17) is 4.74 Å². The van der Waals surface area contributed by atoms with Crippen molar-refractivity contribution in [1.29, 1.82) is 0 Å². The summed E-state index contributed by atoms with van der Waals surface area (Å²) in [5.74, 6) is -0.117. The van der Waals surface area contributed by atoms with Crippen LogP contribution >= 0.6 is 15.9 Å². The molecule has 0 aromatic heterocycles. The maximum atomic E-state index is 12.4. The summed E-state index contributed by atoms with van der Waals surface area (Å²) in [5.41, 5.74) is 0.978. The van der Waals surface area contributed by atoms with E-state index in [9.17, 15) is 9.59 Å². The van der Waals surface area contributed by atoms with E-state index in [1.165, 1.54) is 0 Å². The van der Waals surface area contributed by atoms with E-state index in [-0.39, 0.29) is 23.7 Å². The van der Waals surface area contributed by atoms with Crippen LogP contribution in [-0.4, -0.2) is 25.0 Å². The molecule has 2 heterocycles. The third kappa shape index (κ3) is 3.19. The summed E-state index contributed by atoms with van der Waals surface area (Å²) in [7, 11) is 0. The number of piperidine rings is 1. The average molecular weight is 352 g/mol. The second-order valence-corrected chi connectivity index (χ2v) is 6.68. The van der Waals surface area contributed by atoms with Gasteiger partial charge in [0.1, 0.15) is 0 Å². The number of hydrogen-bond acceptors (Lipinski definition) is 3. The maximum Gasteiger partial charge on any atom is 0.234 e. The lowest BCUT2D eigenvalue weighted by atomic mass is 9.71. The Morgan fingerprint density at radius 2 is 1.95 bits per heavy atom. The van der Waals surface area contributed by atoms with Gasteiger partial charge in [-0.25, -0.2) is 0 Å². The number of benzene rings is 1. The van der Waals surface area contributed by atoms with Crippen molar-refractivity contribution in [3.05, 3.63) is 34.3 Å². The van der Waals surface area contributed by atoms with Gasteiger partial charge in [0, 0.05) is 24.1 Å². The van der Waals surface area contributed by atoms with Gasteiger partial charge in [-0.05, 0) is 42.4 Å². The van der Waals surface area contributed by atoms with Crippen LogP contribution in [0.3, 0.4) is 0 Å². The van der Waals surface area contributed by atoms with Gasteiger partial charge >= 0.3 is 0 Å². The first kappa shape index (κ1) is 14.7. The molecule has 0 bridgehead atoms. The quantitative estimate of drug-likeness (QED) is 0.833. The van der Waals surface area contributed by atoms with Crippen molar-refractivity contribution in [2.75, 3.05) is 13.2 Å². The predicted molar refractivity (Wildman–Crippen MR) is 81.7 cm³/mol. The zero-order valence-electron chi connectivity index (χ0n) is 11.7. The molecule has 0 saturated carbocycles. The lowest BCUT2D eigenvalue weighted by molar-refractivity contribution is -0.138. The van der Waals surface area contributed by atoms with Gasteiger partial charge in [0.05, 0.1) is 5.92 Å². The molecule has 0 spiro atoms. The Morgan fingerprint density at radius 1 is 1.19 bits per heavy atom. The van der Waals surface area contributed by atoms with Crippen molar-refractivity contribution >= 4 is 27.7 Å². The molecule has 1 N–H and O–H groups in total. The molecule has 1 aromatic carbocycles. The molecular formula is C16H18BrNO3. The topological polar surface area (TPSA) is 55.4 Å². The highest BCUT2D eigenvalue weighted by Gasteiger charge is 2.41. The molecule has 3 rings (SSSR count). The minimum Gasteiger partial charge on any atom is -0.381 e. The Bertz CT molecular complexity index is 554. The molecule has 112 valence electrons. The molecular weight excluding hydrogens is 334 g/mol. The van der Waals surface area contributed by atoms with E-state index in [2.05, 4.69) is 21.2 Å². The van der Waals surface area contributed by atoms with Crippen molar-refractivity contribution < 1.29 is 14.3 Å². The maximum absolute atomic E-state index is 12.4. The predicted octanol–water partition coefficient (Wildman–Crippen LogP) is 2.62. The molecule has 2 unspecified atom stereocenters. The summed E-state index contributed by atoms with van der Waals surface area (Å²) in [4.78, 5) is 24.2. The van der Waals surface area contributed by atoms with Crippen LogP contribution in [0, 0.1) is 11.8 Å². The molecule has 2 aliphatic rings. The van der Waals surface area contributed by atoms with Crippen molar-refractivity contribution in [3.8, 4) is 0 Å². The van der Waals surface area contributed by atoms with Gasteiger partial charge in [-0.2, -0.15) is 0 Å². The van der Waals surface area contributed by atoms with E-state index < -0.39 is 0 Å². The van der Waals surface area contributed by atoms with Gasteiger partial charge in [0.15, 0.2) is 0 Å². The summed E-state index contributed by atoms with van der Waals surface area (Å²) in [6, 6.07) is 7.83. The highest BCUT2D eigenvalue weighted by Crippen LogP contribution is 2.40. The lowest BCUT2D eigenvalue weighted by Gasteiger charge is -2.37. The van der Waals surface area contributed by atoms with E-state index in [0.29, 0.717) is 12.3 Å². The van der Waals surface area contributed by atoms with E-state index in [0.717, 1.165) is 36.1 Å². The summed E-state index contributed by atoms with van der Waals surface area (Å²) in [6.07, 6.45) is 2.28. The average Bonchev–Trinajstić information content (AvgIpc) is 2.47. The second-order valence-electron chi connectivity index (χ2n) is 5.76. The van der Waals surface area contributed by atoms with Gasteiger partial charge in [0.2, 0.25) is 11.8 Å². The first-order valence-electron chi connectivity index (χ1n) is 7.32. The van der Waals surface area contributed by atoms with E-state index >= 15 is 0 Å². The largest absolute Gasteiger partial charge is 0.381 e. The number of hydrogen-bond donors (Lipinski definition) is 1. The Morgan fingerprint density at radius 3 is 2.67 bits per heavy atom. The van der Waals surface area contributed by atoms with Crippen LogP contribution in [0.5, 0.6) is 0 Å². The number of ether oxygens (including phenoxy) is 1. The molecule has 2 atom stereocenters. The zero-order chi connectivity index (χ0) is 14.8. The molecule has 1 aromatic rings. The summed E-state index contributed by atoms with van der Waals surface area (Å²) >= 11 is 3.46. The van der Waals surface area contributed by atoms with Crippen molar-refractivity contribution in [1.82, 2.24) is 5.32 Å². The molecule has 0 radical (unpaired) electrons. The number of carbonyl (C=O) groups is 2. The Kier molecular flexibility index (Phi) is 4.40. The smallest absolute Gasteiger partial charge is 0.234 e. The van der Waals surface area contributed by atoms with Gasteiger partial charge in [-0.15, -0.1) is 0 Å². The fourth-order valence-corrected chi connectivity index (χ4v) is 3.89. The van der Waals surface area contributed by atoms with Gasteiger partial charge in [-0.1, -0.05) is 28.1 Å². The number of nitrogens with one attached hydrogen (secondary N) is 1. The fourth-order valence-electron chi connectivity index (χ4n) is 3.47. The van der Waals surface area contributed by atoms with Gasteiger partial charge in [-0.3, -0.25) is 14.9 Å². The first-order valence-corrected chi connectivity index (χ1v) is 8.11. The number of imide groups is 1. The monoisotopic (exact) mass is 351 g/mol. The minimum absolute atomic E-state index is 0.0736. The van der Waals surface area contributed by atoms with Crippen LogP contribution in [0.1, 0.15) is 30.7 Å². The number of halogens is 1. The third-order valence-corrected chi connectivity index (χ3v) is 4.97. The summed E-state index contributed by atoms with van der Waals surface area (Å²) in [6.45, 7) is 1.45. The molecule has 21 heavy (non-hydrogen) atoms. The highest BCUT2D eigenvalue weighted by atomic mass is 79.9. The van der Waals surface area contributed by atoms with Crippen LogP contribution in [0.15, 0.2) is 28.7 Å². The zero-order valence-corrected chi connectivity index (χ0v) is 13.3. The van der Waals surface area contributed by atoms with Crippen molar-refractivity contribution in [2.45, 2.75) is 25.2 Å². The SMILES string of the molecule is O=C1CC(C2CCOCC2)C(c2cccc(Br)c2)C(=O)N1. The molecule has 0 aliphatic carbocycles. The number of carbonyl (C=O) groups excluding carboxylic acids is 2. The number of rotatable bonds is 2. The fraction of sp³-hybridized carbons (Fsp3) is 0.500. The van der Waals surface area contributed by atoms with Crippen LogP contribution in [-0.2, 0) is 14.3 Å². The second kappa shape index (κ2) is 6.28. The van der Waals surface area contributed by atoms with Crippen LogP contribution in [0.25, 0.3) is 0 Å². The molecule has 2 fully saturated rings. The Hall–Kier alpha value is -1.20. The van der Waals surface area contributed by atoms with Crippen LogP contribution < -0.4 is 5.32 Å². The van der Waals surface area contributed by atoms with Gasteiger partial charge < -0.3 is 4.74 Å². The van der Waals surface area contributed by atoms with Crippen molar-refractivity contribution in [3.63, 3.8) is 0 Å². The number of amides is 2. The summed E-state index contributed by atoms with van der Waals surface area (Å²) in [5, 5.41) is 2.49. The van der Waals surface area contributed by atoms with Crippen molar-refractivity contribution in [2.24, 2.45) is 11.8 Å². The third-order valence-electron chi connectivity index (χ3n) is 4.47. The molecule has 2 saturated heterocycles. The summed E-state index contributed by atoms with van der Waals surface area (Å²) < 4.78 is 6.37. The minimum atomic E-state index is -0.247. The molecule has 2 amide bonds. The van der Waals surface area contributed by atoms with E-state index in [1.54, 1.807) is 0 Å². The lowest BCUT2D eigenvalue weighted by Crippen LogP contribution is -2.47. The normalized spacial score (nSPS) is 27.5. The Labute approximate surface area is 132 Å².